The lowest BCUT2D eigenvalue weighted by molar-refractivity contribution is 0.472. The van der Waals surface area contributed by atoms with E-state index >= 15 is 0 Å². The van der Waals surface area contributed by atoms with Gasteiger partial charge >= 0.3 is 0 Å². The molecule has 0 aliphatic heterocycles. The summed E-state index contributed by atoms with van der Waals surface area (Å²) >= 11 is 10.5. The van der Waals surface area contributed by atoms with E-state index in [1.807, 2.05) is 24.3 Å². The van der Waals surface area contributed by atoms with Crippen LogP contribution in [-0.2, 0) is 5.33 Å². The molecule has 4 heteroatoms. The molecule has 0 saturated heterocycles. The zero-order valence-electron chi connectivity index (χ0n) is 11.3. The van der Waals surface area contributed by atoms with E-state index in [1.54, 1.807) is 0 Å². The molecule has 0 fully saturated rings. The van der Waals surface area contributed by atoms with Crippen LogP contribution in [0.25, 0.3) is 0 Å². The number of rotatable bonds is 4. The molecule has 0 unspecified atom stereocenters. The van der Waals surface area contributed by atoms with Crippen molar-refractivity contribution >= 4 is 47.8 Å². The first-order chi connectivity index (χ1) is 9.51. The second-order valence-electron chi connectivity index (χ2n) is 4.83. The molecule has 0 radical (unpaired) electrons. The molecular formula is C16H15Br3O. The van der Waals surface area contributed by atoms with Crippen LogP contribution in [0.5, 0.6) is 11.5 Å². The predicted octanol–water partition coefficient (Wildman–Crippen LogP) is 7.02. The molecule has 2 aromatic rings. The first-order valence-corrected chi connectivity index (χ1v) is 9.03. The number of benzene rings is 2. The quantitative estimate of drug-likeness (QED) is 0.443. The van der Waals surface area contributed by atoms with Gasteiger partial charge in [-0.3, -0.25) is 0 Å². The van der Waals surface area contributed by atoms with Gasteiger partial charge in [0.1, 0.15) is 11.5 Å². The third-order valence-electron chi connectivity index (χ3n) is 2.99. The van der Waals surface area contributed by atoms with E-state index in [1.165, 1.54) is 11.1 Å². The Bertz CT molecular complexity index is 609. The molecule has 106 valence electrons. The molecule has 0 N–H and O–H groups in total. The van der Waals surface area contributed by atoms with Gasteiger partial charge in [0.15, 0.2) is 0 Å². The van der Waals surface area contributed by atoms with Gasteiger partial charge in [-0.15, -0.1) is 0 Å². The van der Waals surface area contributed by atoms with E-state index in [9.17, 15) is 0 Å². The Morgan fingerprint density at radius 2 is 1.80 bits per heavy atom. The van der Waals surface area contributed by atoms with E-state index in [2.05, 4.69) is 73.8 Å². The largest absolute Gasteiger partial charge is 0.457 e. The van der Waals surface area contributed by atoms with Gasteiger partial charge in [-0.25, -0.2) is 0 Å². The van der Waals surface area contributed by atoms with E-state index < -0.39 is 0 Å². The topological polar surface area (TPSA) is 9.23 Å². The Kier molecular flexibility index (Phi) is 5.70. The molecule has 20 heavy (non-hydrogen) atoms. The maximum absolute atomic E-state index is 6.04. The van der Waals surface area contributed by atoms with Crippen molar-refractivity contribution in [2.75, 3.05) is 0 Å². The summed E-state index contributed by atoms with van der Waals surface area (Å²) in [7, 11) is 0. The molecule has 0 amide bonds. The number of ether oxygens (including phenoxy) is 1. The van der Waals surface area contributed by atoms with Crippen molar-refractivity contribution in [1.29, 1.82) is 0 Å². The second kappa shape index (κ2) is 7.10. The van der Waals surface area contributed by atoms with Crippen molar-refractivity contribution in [2.24, 2.45) is 0 Å². The molecule has 0 saturated carbocycles. The molecule has 0 aliphatic carbocycles. The zero-order valence-corrected chi connectivity index (χ0v) is 16.0. The van der Waals surface area contributed by atoms with E-state index in [0.717, 1.165) is 25.8 Å². The molecule has 1 nitrogen and oxygen atoms in total. The normalized spacial score (nSPS) is 10.9. The number of hydrogen-bond acceptors (Lipinski definition) is 1. The summed E-state index contributed by atoms with van der Waals surface area (Å²) in [5.41, 5.74) is 2.40. The summed E-state index contributed by atoms with van der Waals surface area (Å²) in [6.45, 7) is 4.33. The van der Waals surface area contributed by atoms with Gasteiger partial charge in [0.25, 0.3) is 0 Å². The molecule has 2 rings (SSSR count). The number of hydrogen-bond donors (Lipinski definition) is 0. The summed E-state index contributed by atoms with van der Waals surface area (Å²) in [6.07, 6.45) is 0. The molecule has 0 atom stereocenters. The Balaban J connectivity index is 2.32. The van der Waals surface area contributed by atoms with Crippen LogP contribution >= 0.6 is 47.8 Å². The van der Waals surface area contributed by atoms with E-state index in [0.29, 0.717) is 5.92 Å². The van der Waals surface area contributed by atoms with Gasteiger partial charge < -0.3 is 4.74 Å². The maximum atomic E-state index is 6.04. The van der Waals surface area contributed by atoms with Crippen molar-refractivity contribution < 1.29 is 4.74 Å². The van der Waals surface area contributed by atoms with Crippen LogP contribution in [0, 0.1) is 0 Å². The van der Waals surface area contributed by atoms with E-state index in [4.69, 9.17) is 4.74 Å². The van der Waals surface area contributed by atoms with Crippen LogP contribution in [0.3, 0.4) is 0 Å². The summed E-state index contributed by atoms with van der Waals surface area (Å²) in [4.78, 5) is 0. The highest BCUT2D eigenvalue weighted by molar-refractivity contribution is 9.11. The minimum atomic E-state index is 0.410. The van der Waals surface area contributed by atoms with Crippen LogP contribution in [-0.4, -0.2) is 0 Å². The van der Waals surface area contributed by atoms with Gasteiger partial charge in [0.2, 0.25) is 0 Å². The predicted molar refractivity (Wildman–Crippen MR) is 95.1 cm³/mol. The molecule has 2 aromatic carbocycles. The minimum absolute atomic E-state index is 0.410. The molecular weight excluding hydrogens is 448 g/mol. The summed E-state index contributed by atoms with van der Waals surface area (Å²) < 4.78 is 8.16. The van der Waals surface area contributed by atoms with Gasteiger partial charge in [-0.2, -0.15) is 0 Å². The highest BCUT2D eigenvalue weighted by Gasteiger charge is 2.10. The van der Waals surface area contributed by atoms with Crippen molar-refractivity contribution in [1.82, 2.24) is 0 Å². The average Bonchev–Trinajstić information content (AvgIpc) is 2.41. The zero-order chi connectivity index (χ0) is 14.7. The first kappa shape index (κ1) is 16.1. The molecule has 0 spiro atoms. The molecule has 0 aliphatic rings. The number of halogens is 3. The maximum Gasteiger partial charge on any atom is 0.130 e. The van der Waals surface area contributed by atoms with Gasteiger partial charge in [0, 0.05) is 14.3 Å². The fourth-order valence-electron chi connectivity index (χ4n) is 1.89. The monoisotopic (exact) mass is 460 g/mol. The fourth-order valence-corrected chi connectivity index (χ4v) is 3.63. The van der Waals surface area contributed by atoms with Gasteiger partial charge in [0.05, 0.1) is 0 Å². The van der Waals surface area contributed by atoms with Crippen LogP contribution < -0.4 is 4.74 Å². The Morgan fingerprint density at radius 3 is 2.40 bits per heavy atom. The van der Waals surface area contributed by atoms with Crippen LogP contribution in [0.2, 0.25) is 0 Å². The lowest BCUT2D eigenvalue weighted by Gasteiger charge is -2.15. The van der Waals surface area contributed by atoms with Gasteiger partial charge in [-0.05, 0) is 47.4 Å². The Hall–Kier alpha value is -0.320. The van der Waals surface area contributed by atoms with Crippen molar-refractivity contribution in [3.63, 3.8) is 0 Å². The fraction of sp³-hybridized carbons (Fsp3) is 0.250. The Labute approximate surface area is 145 Å². The van der Waals surface area contributed by atoms with E-state index in [-0.39, 0.29) is 0 Å². The van der Waals surface area contributed by atoms with Crippen LogP contribution in [0.1, 0.15) is 30.9 Å². The third-order valence-corrected chi connectivity index (χ3v) is 4.83. The SMILES string of the molecule is CC(C)c1cc(Br)ccc1Oc1ccc(CBr)c(Br)c1. The highest BCUT2D eigenvalue weighted by Crippen LogP contribution is 2.34. The van der Waals surface area contributed by atoms with Gasteiger partial charge in [-0.1, -0.05) is 67.7 Å². The summed E-state index contributed by atoms with van der Waals surface area (Å²) in [5, 5.41) is 0.823. The lowest BCUT2D eigenvalue weighted by Crippen LogP contribution is -1.94. The highest BCUT2D eigenvalue weighted by atomic mass is 79.9. The minimum Gasteiger partial charge on any atom is -0.457 e. The smallest absolute Gasteiger partial charge is 0.130 e. The second-order valence-corrected chi connectivity index (χ2v) is 7.16. The Morgan fingerprint density at radius 1 is 1.05 bits per heavy atom. The third kappa shape index (κ3) is 3.86. The van der Waals surface area contributed by atoms with Crippen molar-refractivity contribution in [3.8, 4) is 11.5 Å². The van der Waals surface area contributed by atoms with Crippen LogP contribution in [0.15, 0.2) is 45.3 Å². The molecule has 0 bridgehead atoms. The van der Waals surface area contributed by atoms with Crippen molar-refractivity contribution in [2.45, 2.75) is 25.1 Å². The van der Waals surface area contributed by atoms with Crippen LogP contribution in [0.4, 0.5) is 0 Å². The lowest BCUT2D eigenvalue weighted by atomic mass is 10.0. The summed E-state index contributed by atoms with van der Waals surface area (Å²) in [5.74, 6) is 2.15. The average molecular weight is 463 g/mol. The summed E-state index contributed by atoms with van der Waals surface area (Å²) in [6, 6.07) is 12.2. The number of alkyl halides is 1. The standard InChI is InChI=1S/C16H15Br3O/c1-10(2)14-7-12(18)4-6-16(14)20-13-5-3-11(9-17)15(19)8-13/h3-8,10H,9H2,1-2H3. The first-order valence-electron chi connectivity index (χ1n) is 6.33. The van der Waals surface area contributed by atoms with Crippen molar-refractivity contribution in [3.05, 3.63) is 56.5 Å². The molecule has 0 heterocycles. The molecule has 0 aromatic heterocycles.